The molecule has 2 fully saturated rings. The minimum atomic E-state index is -0.876. The Morgan fingerprint density at radius 1 is 1.21 bits per heavy atom. The molecule has 4 amide bonds. The van der Waals surface area contributed by atoms with E-state index >= 15 is 0 Å². The van der Waals surface area contributed by atoms with Gasteiger partial charge in [-0.2, -0.15) is 0 Å². The van der Waals surface area contributed by atoms with Gasteiger partial charge in [-0.3, -0.25) is 14.5 Å². The molecule has 1 atom stereocenters. The maximum Gasteiger partial charge on any atom is 0.325 e. The first-order chi connectivity index (χ1) is 13.4. The van der Waals surface area contributed by atoms with Crippen LogP contribution < -0.4 is 10.6 Å². The molecule has 28 heavy (non-hydrogen) atoms. The summed E-state index contributed by atoms with van der Waals surface area (Å²) in [4.78, 5) is 39.7. The van der Waals surface area contributed by atoms with Gasteiger partial charge in [-0.1, -0.05) is 37.0 Å². The van der Waals surface area contributed by atoms with E-state index in [-0.39, 0.29) is 24.3 Å². The molecule has 152 valence electrons. The van der Waals surface area contributed by atoms with E-state index in [0.717, 1.165) is 41.2 Å². The average Bonchev–Trinajstić information content (AvgIpc) is 2.91. The average molecular weight is 404 g/mol. The van der Waals surface area contributed by atoms with Gasteiger partial charge in [-0.15, -0.1) is 11.8 Å². The fourth-order valence-corrected chi connectivity index (χ4v) is 4.78. The lowest BCUT2D eigenvalue weighted by Crippen LogP contribution is -2.51. The Balaban J connectivity index is 1.46. The molecule has 0 bridgehead atoms. The van der Waals surface area contributed by atoms with E-state index in [1.807, 2.05) is 6.92 Å². The summed E-state index contributed by atoms with van der Waals surface area (Å²) in [6.07, 6.45) is 5.24. The van der Waals surface area contributed by atoms with E-state index in [9.17, 15) is 14.4 Å². The minimum absolute atomic E-state index is 0.150. The molecule has 0 spiro atoms. The molecule has 1 aliphatic heterocycles. The Labute approximate surface area is 170 Å². The van der Waals surface area contributed by atoms with Gasteiger partial charge in [0.15, 0.2) is 0 Å². The van der Waals surface area contributed by atoms with Crippen molar-refractivity contribution in [1.29, 1.82) is 0 Å². The number of rotatable bonds is 7. The van der Waals surface area contributed by atoms with Crippen molar-refractivity contribution in [1.82, 2.24) is 15.5 Å². The zero-order valence-corrected chi connectivity index (χ0v) is 17.4. The molecular weight excluding hydrogens is 374 g/mol. The fourth-order valence-electron chi connectivity index (χ4n) is 4.01. The molecule has 0 aromatic heterocycles. The van der Waals surface area contributed by atoms with Crippen molar-refractivity contribution in [3.8, 4) is 0 Å². The molecular formula is C21H29N3O3S. The normalized spacial score (nSPS) is 23.0. The standard InChI is InChI=1S/C21H29N3O3S/c1-15-8-10-17(11-9-15)28-13-12-22-18(25)14-24-19(26)21(2,23-20(24)27)16-6-4-3-5-7-16/h8-11,16H,3-7,12-14H2,1-2H3,(H,22,25)(H,23,27)/t21-/m1/s1. The predicted molar refractivity (Wildman–Crippen MR) is 110 cm³/mol. The van der Waals surface area contributed by atoms with Crippen LogP contribution in [-0.4, -0.2) is 47.1 Å². The molecule has 1 aromatic carbocycles. The van der Waals surface area contributed by atoms with Crippen LogP contribution in [0, 0.1) is 12.8 Å². The number of carbonyl (C=O) groups is 3. The van der Waals surface area contributed by atoms with Crippen LogP contribution in [0.2, 0.25) is 0 Å². The second-order valence-electron chi connectivity index (χ2n) is 7.87. The number of nitrogens with one attached hydrogen (secondary N) is 2. The third kappa shape index (κ3) is 4.69. The molecule has 2 N–H and O–H groups in total. The van der Waals surface area contributed by atoms with E-state index < -0.39 is 11.6 Å². The first-order valence-electron chi connectivity index (χ1n) is 10.0. The molecule has 7 heteroatoms. The maximum atomic E-state index is 12.9. The topological polar surface area (TPSA) is 78.5 Å². The third-order valence-electron chi connectivity index (χ3n) is 5.74. The summed E-state index contributed by atoms with van der Waals surface area (Å²) in [5.41, 5.74) is 0.338. The molecule has 1 saturated heterocycles. The van der Waals surface area contributed by atoms with E-state index in [2.05, 4.69) is 34.9 Å². The first-order valence-corrected chi connectivity index (χ1v) is 11.0. The van der Waals surface area contributed by atoms with Crippen molar-refractivity contribution in [3.05, 3.63) is 29.8 Å². The number of carbonyl (C=O) groups excluding carboxylic acids is 3. The lowest BCUT2D eigenvalue weighted by atomic mass is 9.75. The molecule has 1 heterocycles. The van der Waals surface area contributed by atoms with Gasteiger partial charge in [0.1, 0.15) is 12.1 Å². The smallest absolute Gasteiger partial charge is 0.325 e. The minimum Gasteiger partial charge on any atom is -0.354 e. The van der Waals surface area contributed by atoms with Crippen molar-refractivity contribution >= 4 is 29.6 Å². The zero-order chi connectivity index (χ0) is 20.1. The fraction of sp³-hybridized carbons (Fsp3) is 0.571. The number of hydrogen-bond acceptors (Lipinski definition) is 4. The first kappa shape index (κ1) is 20.7. The molecule has 3 rings (SSSR count). The van der Waals surface area contributed by atoms with Crippen molar-refractivity contribution in [2.45, 2.75) is 56.4 Å². The number of hydrogen-bond donors (Lipinski definition) is 2. The van der Waals surface area contributed by atoms with Gasteiger partial charge in [0, 0.05) is 17.2 Å². The number of urea groups is 1. The Morgan fingerprint density at radius 3 is 2.57 bits per heavy atom. The van der Waals surface area contributed by atoms with E-state index in [0.29, 0.717) is 6.54 Å². The van der Waals surface area contributed by atoms with Gasteiger partial charge >= 0.3 is 6.03 Å². The quantitative estimate of drug-likeness (QED) is 0.417. The van der Waals surface area contributed by atoms with Crippen molar-refractivity contribution < 1.29 is 14.4 Å². The van der Waals surface area contributed by atoms with Crippen molar-refractivity contribution in [2.75, 3.05) is 18.8 Å². The van der Waals surface area contributed by atoms with E-state index in [1.165, 1.54) is 12.0 Å². The number of benzene rings is 1. The van der Waals surface area contributed by atoms with Crippen LogP contribution in [-0.2, 0) is 9.59 Å². The van der Waals surface area contributed by atoms with Gasteiger partial charge in [-0.25, -0.2) is 4.79 Å². The van der Waals surface area contributed by atoms with Crippen LogP contribution in [0.15, 0.2) is 29.2 Å². The van der Waals surface area contributed by atoms with Crippen molar-refractivity contribution in [2.24, 2.45) is 5.92 Å². The van der Waals surface area contributed by atoms with Crippen LogP contribution >= 0.6 is 11.8 Å². The third-order valence-corrected chi connectivity index (χ3v) is 6.75. The Hall–Kier alpha value is -2.02. The summed E-state index contributed by atoms with van der Waals surface area (Å²) in [7, 11) is 0. The number of nitrogens with zero attached hydrogens (tertiary/aromatic N) is 1. The van der Waals surface area contributed by atoms with Gasteiger partial charge in [0.2, 0.25) is 5.91 Å². The molecule has 0 unspecified atom stereocenters. The highest BCUT2D eigenvalue weighted by atomic mass is 32.2. The summed E-state index contributed by atoms with van der Waals surface area (Å²) in [5, 5.41) is 5.66. The van der Waals surface area contributed by atoms with Gasteiger partial charge in [0.05, 0.1) is 0 Å². The second kappa shape index (κ2) is 8.99. The van der Waals surface area contributed by atoms with Crippen LogP contribution in [0.25, 0.3) is 0 Å². The van der Waals surface area contributed by atoms with Crippen LogP contribution in [0.4, 0.5) is 4.79 Å². The maximum absolute atomic E-state index is 12.9. The number of imide groups is 1. The Kier molecular flexibility index (Phi) is 6.65. The molecule has 6 nitrogen and oxygen atoms in total. The molecule has 1 aliphatic carbocycles. The van der Waals surface area contributed by atoms with Gasteiger partial charge in [-0.05, 0) is 44.7 Å². The number of aryl methyl sites for hydroxylation is 1. The predicted octanol–water partition coefficient (Wildman–Crippen LogP) is 3.09. The van der Waals surface area contributed by atoms with Crippen LogP contribution in [0.1, 0.15) is 44.6 Å². The molecule has 0 radical (unpaired) electrons. The zero-order valence-electron chi connectivity index (χ0n) is 16.6. The SMILES string of the molecule is Cc1ccc(SCCNC(=O)CN2C(=O)N[C@](C)(C3CCCCC3)C2=O)cc1. The van der Waals surface area contributed by atoms with E-state index in [1.54, 1.807) is 18.7 Å². The summed E-state index contributed by atoms with van der Waals surface area (Å²) in [6, 6.07) is 7.77. The van der Waals surface area contributed by atoms with E-state index in [4.69, 9.17) is 0 Å². The van der Waals surface area contributed by atoms with Gasteiger partial charge in [0.25, 0.3) is 5.91 Å². The highest BCUT2D eigenvalue weighted by Gasteiger charge is 2.52. The second-order valence-corrected chi connectivity index (χ2v) is 9.04. The van der Waals surface area contributed by atoms with Gasteiger partial charge < -0.3 is 10.6 Å². The highest BCUT2D eigenvalue weighted by molar-refractivity contribution is 7.99. The Bertz CT molecular complexity index is 731. The van der Waals surface area contributed by atoms with Crippen LogP contribution in [0.5, 0.6) is 0 Å². The summed E-state index contributed by atoms with van der Waals surface area (Å²) in [5.74, 6) is 0.306. The monoisotopic (exact) mass is 403 g/mol. The summed E-state index contributed by atoms with van der Waals surface area (Å²) < 4.78 is 0. The summed E-state index contributed by atoms with van der Waals surface area (Å²) >= 11 is 1.66. The lowest BCUT2D eigenvalue weighted by Gasteiger charge is -2.34. The molecule has 1 saturated carbocycles. The van der Waals surface area contributed by atoms with Crippen molar-refractivity contribution in [3.63, 3.8) is 0 Å². The van der Waals surface area contributed by atoms with Crippen LogP contribution in [0.3, 0.4) is 0 Å². The Morgan fingerprint density at radius 2 is 1.89 bits per heavy atom. The largest absolute Gasteiger partial charge is 0.354 e. The summed E-state index contributed by atoms with van der Waals surface area (Å²) in [6.45, 7) is 4.12. The molecule has 2 aliphatic rings. The molecule has 1 aromatic rings. The lowest BCUT2D eigenvalue weighted by molar-refractivity contribution is -0.136. The number of amides is 4. The highest BCUT2D eigenvalue weighted by Crippen LogP contribution is 2.36. The number of thioether (sulfide) groups is 1.